The van der Waals surface area contributed by atoms with Gasteiger partial charge in [0.2, 0.25) is 0 Å². The van der Waals surface area contributed by atoms with Crippen molar-refractivity contribution in [2.45, 2.75) is 71.4 Å². The lowest BCUT2D eigenvalue weighted by molar-refractivity contribution is -0.142. The Morgan fingerprint density at radius 2 is 1.94 bits per heavy atom. The Balaban J connectivity index is 1.64. The molecule has 34 heavy (non-hydrogen) atoms. The minimum atomic E-state index is -1.01. The number of ether oxygens (including phenoxy) is 2. The van der Waals surface area contributed by atoms with Crippen molar-refractivity contribution >= 4 is 34.8 Å². The first-order chi connectivity index (χ1) is 16.1. The molecule has 3 rings (SSSR count). The van der Waals surface area contributed by atoms with Crippen LogP contribution >= 0.6 is 23.8 Å². The van der Waals surface area contributed by atoms with Gasteiger partial charge in [0.05, 0.1) is 18.1 Å². The molecule has 0 unspecified atom stereocenters. The summed E-state index contributed by atoms with van der Waals surface area (Å²) in [5, 5.41) is 13.4. The Hall–Kier alpha value is -2.15. The molecule has 5 nitrogen and oxygen atoms in total. The molecule has 1 aliphatic rings. The van der Waals surface area contributed by atoms with Gasteiger partial charge in [-0.2, -0.15) is 0 Å². The maximum atomic E-state index is 11.6. The second-order valence-corrected chi connectivity index (χ2v) is 10.3. The number of hydrogen-bond donors (Lipinski definition) is 2. The normalized spacial score (nSPS) is 16.2. The minimum absolute atomic E-state index is 0.304. The number of aryl methyl sites for hydroxylation is 2. The van der Waals surface area contributed by atoms with Crippen molar-refractivity contribution in [3.05, 3.63) is 63.2 Å². The molecule has 1 fully saturated rings. The van der Waals surface area contributed by atoms with Crippen LogP contribution in [-0.4, -0.2) is 35.4 Å². The number of carboxylic acids is 1. The van der Waals surface area contributed by atoms with Crippen LogP contribution in [0, 0.1) is 13.8 Å². The third kappa shape index (κ3) is 6.49. The zero-order valence-electron chi connectivity index (χ0n) is 20.4. The van der Waals surface area contributed by atoms with Gasteiger partial charge in [0.25, 0.3) is 0 Å². The van der Waals surface area contributed by atoms with E-state index in [1.54, 1.807) is 26.0 Å². The van der Waals surface area contributed by atoms with Gasteiger partial charge in [0, 0.05) is 30.2 Å². The van der Waals surface area contributed by atoms with Crippen molar-refractivity contribution in [2.75, 3.05) is 13.2 Å². The van der Waals surface area contributed by atoms with E-state index < -0.39 is 11.4 Å². The predicted molar refractivity (Wildman–Crippen MR) is 140 cm³/mol. The molecule has 0 amide bonds. The molecule has 0 aromatic heterocycles. The van der Waals surface area contributed by atoms with E-state index in [9.17, 15) is 9.90 Å². The lowest BCUT2D eigenvalue weighted by Gasteiger charge is -2.22. The monoisotopic (exact) mass is 503 g/mol. The van der Waals surface area contributed by atoms with Gasteiger partial charge in [0.1, 0.15) is 10.7 Å². The first-order valence-electron chi connectivity index (χ1n) is 11.8. The van der Waals surface area contributed by atoms with Gasteiger partial charge in [-0.1, -0.05) is 36.0 Å². The number of aliphatic carboxylic acids is 1. The van der Waals surface area contributed by atoms with Gasteiger partial charge in [-0.05, 0) is 87.4 Å². The fraction of sp³-hybridized carbons (Fsp3) is 0.481. The molecule has 2 N–H and O–H groups in total. The molecule has 0 radical (unpaired) electrons. The fourth-order valence-electron chi connectivity index (χ4n) is 4.19. The Morgan fingerprint density at radius 3 is 2.56 bits per heavy atom. The molecule has 0 spiro atoms. The molecule has 1 heterocycles. The molecular weight excluding hydrogens is 470 g/mol. The Bertz CT molecular complexity index is 1020. The Labute approximate surface area is 212 Å². The van der Waals surface area contributed by atoms with Crippen LogP contribution in [0.2, 0.25) is 5.02 Å². The number of nitrogens with one attached hydrogen (secondary N) is 1. The number of carbonyl (C=O) groups is 1. The number of rotatable bonds is 9. The van der Waals surface area contributed by atoms with Crippen LogP contribution in [-0.2, 0) is 21.5 Å². The molecule has 0 saturated carbocycles. The van der Waals surface area contributed by atoms with E-state index in [4.69, 9.17) is 33.3 Å². The summed E-state index contributed by atoms with van der Waals surface area (Å²) in [7, 11) is 0. The van der Waals surface area contributed by atoms with Crippen LogP contribution in [0.3, 0.4) is 0 Å². The summed E-state index contributed by atoms with van der Waals surface area (Å²) in [5.74, 6) is -0.0481. The van der Waals surface area contributed by atoms with Crippen molar-refractivity contribution < 1.29 is 19.4 Å². The highest BCUT2D eigenvalue weighted by Crippen LogP contribution is 2.28. The molecule has 1 atom stereocenters. The number of carboxylic acid groups (broad SMARTS) is 1. The molecule has 184 valence electrons. The Kier molecular flexibility index (Phi) is 8.96. The molecular formula is C27H34ClNO4S. The van der Waals surface area contributed by atoms with Crippen molar-refractivity contribution in [3.63, 3.8) is 0 Å². The third-order valence-corrected chi connectivity index (χ3v) is 7.17. The van der Waals surface area contributed by atoms with Gasteiger partial charge < -0.3 is 19.9 Å². The van der Waals surface area contributed by atoms with Gasteiger partial charge in [-0.15, -0.1) is 0 Å². The van der Waals surface area contributed by atoms with E-state index in [0.29, 0.717) is 34.8 Å². The molecule has 0 bridgehead atoms. The van der Waals surface area contributed by atoms with Crippen molar-refractivity contribution in [1.82, 2.24) is 5.32 Å². The average Bonchev–Trinajstić information content (AvgIpc) is 2.78. The summed E-state index contributed by atoms with van der Waals surface area (Å²) in [6.07, 6.45) is 4.70. The Morgan fingerprint density at radius 1 is 1.24 bits per heavy atom. The highest BCUT2D eigenvalue weighted by atomic mass is 35.5. The van der Waals surface area contributed by atoms with Gasteiger partial charge in [0.15, 0.2) is 0 Å². The second-order valence-electron chi connectivity index (χ2n) is 9.48. The standard InChI is InChI=1S/C27H34ClNO4S/c1-17-13-22(33-12-10-21-7-5-6-11-32-21)14-18(2)24(17)25(34)29-16-19-15-20(8-9-23(19)28)27(3,4)26(30)31/h8-9,13-15,21H,5-7,10-12,16H2,1-4H3,(H,29,34)(H,30,31)/t21-/m0/s1. The summed E-state index contributed by atoms with van der Waals surface area (Å²) >= 11 is 12.1. The van der Waals surface area contributed by atoms with Crippen LogP contribution in [0.5, 0.6) is 5.75 Å². The molecule has 1 saturated heterocycles. The average molecular weight is 504 g/mol. The quantitative estimate of drug-likeness (QED) is 0.402. The topological polar surface area (TPSA) is 67.8 Å². The van der Waals surface area contributed by atoms with Crippen LogP contribution in [0.1, 0.15) is 67.3 Å². The predicted octanol–water partition coefficient (Wildman–Crippen LogP) is 6.12. The first-order valence-corrected chi connectivity index (χ1v) is 12.5. The highest BCUT2D eigenvalue weighted by Gasteiger charge is 2.29. The van der Waals surface area contributed by atoms with E-state index >= 15 is 0 Å². The van der Waals surface area contributed by atoms with E-state index in [0.717, 1.165) is 53.9 Å². The zero-order chi connectivity index (χ0) is 24.9. The first kappa shape index (κ1) is 26.5. The molecule has 0 aliphatic carbocycles. The smallest absolute Gasteiger partial charge is 0.313 e. The largest absolute Gasteiger partial charge is 0.493 e. The van der Waals surface area contributed by atoms with Crippen LogP contribution in [0.25, 0.3) is 0 Å². The lowest BCUT2D eigenvalue weighted by atomic mass is 9.84. The van der Waals surface area contributed by atoms with Crippen molar-refractivity contribution in [1.29, 1.82) is 0 Å². The summed E-state index contributed by atoms with van der Waals surface area (Å²) in [6, 6.07) is 9.36. The minimum Gasteiger partial charge on any atom is -0.493 e. The molecule has 2 aromatic carbocycles. The number of halogens is 1. The highest BCUT2D eigenvalue weighted by molar-refractivity contribution is 7.80. The number of hydrogen-bond acceptors (Lipinski definition) is 4. The van der Waals surface area contributed by atoms with Crippen molar-refractivity contribution in [3.8, 4) is 5.75 Å². The lowest BCUT2D eigenvalue weighted by Crippen LogP contribution is -2.29. The number of benzene rings is 2. The fourth-order valence-corrected chi connectivity index (χ4v) is 4.77. The van der Waals surface area contributed by atoms with E-state index in [-0.39, 0.29) is 0 Å². The summed E-state index contributed by atoms with van der Waals surface area (Å²) in [6.45, 7) is 9.30. The van der Waals surface area contributed by atoms with E-state index in [1.165, 1.54) is 6.42 Å². The van der Waals surface area contributed by atoms with Crippen LogP contribution in [0.15, 0.2) is 30.3 Å². The van der Waals surface area contributed by atoms with E-state index in [1.807, 2.05) is 32.0 Å². The summed E-state index contributed by atoms with van der Waals surface area (Å²) in [5.41, 5.74) is 3.53. The zero-order valence-corrected chi connectivity index (χ0v) is 21.9. The molecule has 1 aliphatic heterocycles. The maximum absolute atomic E-state index is 11.6. The second kappa shape index (κ2) is 11.5. The number of thiocarbonyl (C=S) groups is 1. The van der Waals surface area contributed by atoms with E-state index in [2.05, 4.69) is 5.32 Å². The van der Waals surface area contributed by atoms with Gasteiger partial charge in [-0.25, -0.2) is 0 Å². The summed E-state index contributed by atoms with van der Waals surface area (Å²) in [4.78, 5) is 12.3. The molecule has 7 heteroatoms. The SMILES string of the molecule is Cc1cc(OCC[C@@H]2CCCCO2)cc(C)c1C(=S)NCc1cc(C(C)(C)C(=O)O)ccc1Cl. The summed E-state index contributed by atoms with van der Waals surface area (Å²) < 4.78 is 11.8. The molecule has 2 aromatic rings. The van der Waals surface area contributed by atoms with Crippen LogP contribution in [0.4, 0.5) is 0 Å². The van der Waals surface area contributed by atoms with Gasteiger partial charge in [-0.3, -0.25) is 4.79 Å². The maximum Gasteiger partial charge on any atom is 0.313 e. The van der Waals surface area contributed by atoms with Gasteiger partial charge >= 0.3 is 5.97 Å². The third-order valence-electron chi connectivity index (χ3n) is 6.46. The van der Waals surface area contributed by atoms with Crippen molar-refractivity contribution in [2.24, 2.45) is 0 Å². The van der Waals surface area contributed by atoms with Crippen LogP contribution < -0.4 is 10.1 Å².